The van der Waals surface area contributed by atoms with Crippen LogP contribution in [0.5, 0.6) is 11.6 Å². The second-order valence-electron chi connectivity index (χ2n) is 4.24. The third-order valence-corrected chi connectivity index (χ3v) is 2.87. The van der Waals surface area contributed by atoms with Crippen LogP contribution < -0.4 is 4.74 Å². The molecule has 0 N–H and O–H groups in total. The molecule has 3 nitrogen and oxygen atoms in total. The summed E-state index contributed by atoms with van der Waals surface area (Å²) in [5, 5.41) is 9.07. The second kappa shape index (κ2) is 5.83. The van der Waals surface area contributed by atoms with Crippen molar-refractivity contribution in [1.82, 2.24) is 4.98 Å². The standard InChI is InChI=1S/C15H11F3N2O/c1-2-10-4-3-5-11(8-19)14(10)21-13-7-6-12(9-20-13)15(16,17)18/h3-7,9H,2H2,1H3. The summed E-state index contributed by atoms with van der Waals surface area (Å²) in [5.74, 6) is 0.343. The fourth-order valence-electron chi connectivity index (χ4n) is 1.78. The van der Waals surface area contributed by atoms with Gasteiger partial charge in [0.1, 0.15) is 11.8 Å². The first-order valence-corrected chi connectivity index (χ1v) is 6.18. The molecular formula is C15H11F3N2O. The Morgan fingerprint density at radius 2 is 2.00 bits per heavy atom. The van der Waals surface area contributed by atoms with Gasteiger partial charge in [-0.1, -0.05) is 19.1 Å². The lowest BCUT2D eigenvalue weighted by atomic mass is 10.1. The number of benzene rings is 1. The molecular weight excluding hydrogens is 281 g/mol. The molecule has 0 radical (unpaired) electrons. The smallest absolute Gasteiger partial charge is 0.417 e. The fourth-order valence-corrected chi connectivity index (χ4v) is 1.78. The normalized spacial score (nSPS) is 11.0. The Balaban J connectivity index is 2.33. The molecule has 2 aromatic rings. The molecule has 1 aromatic carbocycles. The zero-order valence-electron chi connectivity index (χ0n) is 11.1. The zero-order valence-corrected chi connectivity index (χ0v) is 11.1. The number of nitriles is 1. The molecule has 2 rings (SSSR count). The Kier molecular flexibility index (Phi) is 4.13. The summed E-state index contributed by atoms with van der Waals surface area (Å²) in [5.41, 5.74) is 0.255. The van der Waals surface area contributed by atoms with Gasteiger partial charge in [-0.05, 0) is 24.1 Å². The van der Waals surface area contributed by atoms with Gasteiger partial charge < -0.3 is 4.74 Å². The predicted octanol–water partition coefficient (Wildman–Crippen LogP) is 4.33. The highest BCUT2D eigenvalue weighted by Crippen LogP contribution is 2.32. The van der Waals surface area contributed by atoms with Crippen molar-refractivity contribution in [2.24, 2.45) is 0 Å². The number of rotatable bonds is 3. The number of nitrogens with zero attached hydrogens (tertiary/aromatic N) is 2. The lowest BCUT2D eigenvalue weighted by Gasteiger charge is -2.11. The van der Waals surface area contributed by atoms with Gasteiger partial charge in [0, 0.05) is 12.3 Å². The van der Waals surface area contributed by atoms with Crippen LogP contribution in [0.3, 0.4) is 0 Å². The van der Waals surface area contributed by atoms with Gasteiger partial charge >= 0.3 is 6.18 Å². The third kappa shape index (κ3) is 3.31. The maximum absolute atomic E-state index is 12.5. The number of alkyl halides is 3. The van der Waals surface area contributed by atoms with E-state index in [4.69, 9.17) is 10.00 Å². The molecule has 0 aliphatic heterocycles. The lowest BCUT2D eigenvalue weighted by Crippen LogP contribution is -2.05. The quantitative estimate of drug-likeness (QED) is 0.846. The Bertz CT molecular complexity index is 673. The van der Waals surface area contributed by atoms with E-state index in [9.17, 15) is 13.2 Å². The number of ether oxygens (including phenoxy) is 1. The minimum Gasteiger partial charge on any atom is -0.437 e. The number of hydrogen-bond acceptors (Lipinski definition) is 3. The van der Waals surface area contributed by atoms with Crippen LogP contribution in [0.4, 0.5) is 13.2 Å². The Hall–Kier alpha value is -2.55. The van der Waals surface area contributed by atoms with Crippen molar-refractivity contribution < 1.29 is 17.9 Å². The van der Waals surface area contributed by atoms with Gasteiger partial charge in [-0.25, -0.2) is 4.98 Å². The number of hydrogen-bond donors (Lipinski definition) is 0. The van der Waals surface area contributed by atoms with E-state index in [-0.39, 0.29) is 5.88 Å². The lowest BCUT2D eigenvalue weighted by molar-refractivity contribution is -0.137. The molecule has 0 saturated carbocycles. The van der Waals surface area contributed by atoms with E-state index in [1.807, 2.05) is 13.0 Å². The summed E-state index contributed by atoms with van der Waals surface area (Å²) in [6.07, 6.45) is -3.11. The first-order chi connectivity index (χ1) is 9.95. The number of aryl methyl sites for hydroxylation is 1. The van der Waals surface area contributed by atoms with Crippen LogP contribution >= 0.6 is 0 Å². The van der Waals surface area contributed by atoms with Crippen molar-refractivity contribution in [3.05, 3.63) is 53.2 Å². The molecule has 0 amide bonds. The van der Waals surface area contributed by atoms with Gasteiger partial charge in [-0.15, -0.1) is 0 Å². The van der Waals surface area contributed by atoms with E-state index < -0.39 is 11.7 Å². The van der Waals surface area contributed by atoms with Crippen molar-refractivity contribution in [1.29, 1.82) is 5.26 Å². The molecule has 0 atom stereocenters. The van der Waals surface area contributed by atoms with Gasteiger partial charge in [0.2, 0.25) is 5.88 Å². The molecule has 0 unspecified atom stereocenters. The van der Waals surface area contributed by atoms with Gasteiger partial charge in [-0.2, -0.15) is 18.4 Å². The molecule has 0 aliphatic rings. The summed E-state index contributed by atoms with van der Waals surface area (Å²) >= 11 is 0. The number of pyridine rings is 1. The van der Waals surface area contributed by atoms with E-state index >= 15 is 0 Å². The minimum absolute atomic E-state index is 0.0143. The van der Waals surface area contributed by atoms with Gasteiger partial charge in [0.25, 0.3) is 0 Å². The molecule has 1 aromatic heterocycles. The summed E-state index contributed by atoms with van der Waals surface area (Å²) in [7, 11) is 0. The van der Waals surface area contributed by atoms with E-state index in [1.165, 1.54) is 0 Å². The van der Waals surface area contributed by atoms with E-state index in [0.29, 0.717) is 23.9 Å². The highest BCUT2D eigenvalue weighted by molar-refractivity contribution is 5.50. The highest BCUT2D eigenvalue weighted by atomic mass is 19.4. The Morgan fingerprint density at radius 3 is 2.52 bits per heavy atom. The predicted molar refractivity (Wildman–Crippen MR) is 69.8 cm³/mol. The van der Waals surface area contributed by atoms with E-state index in [0.717, 1.165) is 17.7 Å². The summed E-state index contributed by atoms with van der Waals surface area (Å²) in [6.45, 7) is 1.89. The summed E-state index contributed by atoms with van der Waals surface area (Å²) < 4.78 is 42.9. The van der Waals surface area contributed by atoms with Gasteiger partial charge in [-0.3, -0.25) is 0 Å². The topological polar surface area (TPSA) is 45.9 Å². The molecule has 1 heterocycles. The monoisotopic (exact) mass is 292 g/mol. The van der Waals surface area contributed by atoms with Gasteiger partial charge in [0.15, 0.2) is 0 Å². The first-order valence-electron chi connectivity index (χ1n) is 6.18. The summed E-state index contributed by atoms with van der Waals surface area (Å²) in [4.78, 5) is 3.64. The molecule has 0 saturated heterocycles. The molecule has 0 fully saturated rings. The van der Waals surface area contributed by atoms with Crippen LogP contribution in [0.1, 0.15) is 23.6 Å². The maximum atomic E-state index is 12.5. The number of halogens is 3. The summed E-state index contributed by atoms with van der Waals surface area (Å²) in [6, 6.07) is 9.12. The van der Waals surface area contributed by atoms with E-state index in [2.05, 4.69) is 4.98 Å². The van der Waals surface area contributed by atoms with Gasteiger partial charge in [0.05, 0.1) is 11.1 Å². The Labute approximate surface area is 119 Å². The largest absolute Gasteiger partial charge is 0.437 e. The minimum atomic E-state index is -4.44. The molecule has 0 aliphatic carbocycles. The van der Waals surface area contributed by atoms with Crippen molar-refractivity contribution in [3.8, 4) is 17.7 Å². The SMILES string of the molecule is CCc1cccc(C#N)c1Oc1ccc(C(F)(F)F)cn1. The molecule has 21 heavy (non-hydrogen) atoms. The van der Waals surface area contributed by atoms with Crippen molar-refractivity contribution >= 4 is 0 Å². The fraction of sp³-hybridized carbons (Fsp3) is 0.200. The van der Waals surface area contributed by atoms with Crippen LogP contribution in [0.15, 0.2) is 36.5 Å². The maximum Gasteiger partial charge on any atom is 0.417 e. The van der Waals surface area contributed by atoms with Crippen molar-refractivity contribution in [2.75, 3.05) is 0 Å². The zero-order chi connectivity index (χ0) is 15.5. The van der Waals surface area contributed by atoms with Crippen LogP contribution in [0.25, 0.3) is 0 Å². The third-order valence-electron chi connectivity index (χ3n) is 2.87. The molecule has 0 spiro atoms. The number of aromatic nitrogens is 1. The second-order valence-corrected chi connectivity index (χ2v) is 4.24. The average molecular weight is 292 g/mol. The average Bonchev–Trinajstić information content (AvgIpc) is 2.47. The van der Waals surface area contributed by atoms with E-state index in [1.54, 1.807) is 18.2 Å². The van der Waals surface area contributed by atoms with Crippen molar-refractivity contribution in [2.45, 2.75) is 19.5 Å². The van der Waals surface area contributed by atoms with Crippen LogP contribution in [0, 0.1) is 11.3 Å². The molecule has 108 valence electrons. The first kappa shape index (κ1) is 14.9. The molecule has 6 heteroatoms. The Morgan fingerprint density at radius 1 is 1.24 bits per heavy atom. The molecule has 0 bridgehead atoms. The van der Waals surface area contributed by atoms with Crippen LogP contribution in [-0.2, 0) is 12.6 Å². The number of para-hydroxylation sites is 1. The highest BCUT2D eigenvalue weighted by Gasteiger charge is 2.30. The van der Waals surface area contributed by atoms with Crippen molar-refractivity contribution in [3.63, 3.8) is 0 Å². The van der Waals surface area contributed by atoms with Crippen LogP contribution in [0.2, 0.25) is 0 Å². The van der Waals surface area contributed by atoms with Crippen LogP contribution in [-0.4, -0.2) is 4.98 Å².